The predicted octanol–water partition coefficient (Wildman–Crippen LogP) is 0.112. The topological polar surface area (TPSA) is 52.0 Å². The first-order chi connectivity index (χ1) is 4.72. The summed E-state index contributed by atoms with van der Waals surface area (Å²) < 4.78 is 1.14. The number of hydrogen-bond acceptors (Lipinski definition) is 3. The van der Waals surface area contributed by atoms with E-state index in [0.717, 1.165) is 4.57 Å². The van der Waals surface area contributed by atoms with E-state index >= 15 is 0 Å². The zero-order valence-electron chi connectivity index (χ0n) is 5.44. The van der Waals surface area contributed by atoms with Gasteiger partial charge in [0.05, 0.1) is 0 Å². The fraction of sp³-hybridized carbons (Fsp3) is 0.167. The highest BCUT2D eigenvalue weighted by Crippen LogP contribution is 1.85. The molecule has 0 atom stereocenters. The van der Waals surface area contributed by atoms with Gasteiger partial charge in [0.25, 0.3) is 5.91 Å². The molecule has 0 bridgehead atoms. The fourth-order valence-corrected chi connectivity index (χ4v) is 0.561. The maximum Gasteiger partial charge on any atom is 0.298 e. The minimum Gasteiger partial charge on any atom is -0.289 e. The molecule has 1 heterocycles. The number of ketones is 1. The van der Waals surface area contributed by atoms with Crippen molar-refractivity contribution in [3.8, 4) is 0 Å². The Bertz CT molecular complexity index is 251. The van der Waals surface area contributed by atoms with Gasteiger partial charge in [-0.05, 0) is 0 Å². The summed E-state index contributed by atoms with van der Waals surface area (Å²) in [6.45, 7) is 1.22. The molecule has 0 unspecified atom stereocenters. The van der Waals surface area contributed by atoms with Gasteiger partial charge in [0.1, 0.15) is 6.33 Å². The largest absolute Gasteiger partial charge is 0.298 e. The monoisotopic (exact) mass is 138 g/mol. The van der Waals surface area contributed by atoms with Crippen LogP contribution in [0.15, 0.2) is 18.7 Å². The molecule has 0 saturated heterocycles. The van der Waals surface area contributed by atoms with E-state index in [0.29, 0.717) is 0 Å². The first-order valence-electron chi connectivity index (χ1n) is 2.75. The lowest BCUT2D eigenvalue weighted by Gasteiger charge is -1.91. The molecule has 0 aliphatic heterocycles. The Morgan fingerprint density at radius 2 is 2.20 bits per heavy atom. The number of carbonyl (C=O) groups is 2. The van der Waals surface area contributed by atoms with Gasteiger partial charge in [-0.2, -0.15) is 0 Å². The third-order valence-electron chi connectivity index (χ3n) is 1.04. The third-order valence-corrected chi connectivity index (χ3v) is 1.04. The summed E-state index contributed by atoms with van der Waals surface area (Å²) in [7, 11) is 0. The maximum absolute atomic E-state index is 10.8. The Labute approximate surface area is 57.5 Å². The Morgan fingerprint density at radius 1 is 1.50 bits per heavy atom. The zero-order chi connectivity index (χ0) is 7.56. The summed E-state index contributed by atoms with van der Waals surface area (Å²) in [6.07, 6.45) is 4.17. The van der Waals surface area contributed by atoms with E-state index in [-0.39, 0.29) is 0 Å². The minimum atomic E-state index is -0.558. The van der Waals surface area contributed by atoms with Gasteiger partial charge in [0.15, 0.2) is 0 Å². The van der Waals surface area contributed by atoms with Crippen molar-refractivity contribution in [2.75, 3.05) is 0 Å². The summed E-state index contributed by atoms with van der Waals surface area (Å²) in [6, 6.07) is 0. The molecule has 0 N–H and O–H groups in total. The van der Waals surface area contributed by atoms with E-state index in [2.05, 4.69) is 4.98 Å². The fourth-order valence-electron chi connectivity index (χ4n) is 0.561. The van der Waals surface area contributed by atoms with Gasteiger partial charge in [-0.3, -0.25) is 14.2 Å². The van der Waals surface area contributed by atoms with E-state index in [9.17, 15) is 9.59 Å². The van der Waals surface area contributed by atoms with E-state index < -0.39 is 11.7 Å². The second kappa shape index (κ2) is 2.43. The summed E-state index contributed by atoms with van der Waals surface area (Å²) in [5, 5.41) is 0. The number of carbonyl (C=O) groups excluding carboxylic acids is 2. The molecule has 0 amide bonds. The second-order valence-corrected chi connectivity index (χ2v) is 1.83. The van der Waals surface area contributed by atoms with E-state index in [1.165, 1.54) is 25.6 Å². The Kier molecular flexibility index (Phi) is 1.62. The average Bonchev–Trinajstić information content (AvgIpc) is 2.36. The standard InChI is InChI=1S/C6H6N2O2/c1-5(9)6(10)8-3-2-7-4-8/h2-4H,1H3. The molecule has 4 nitrogen and oxygen atoms in total. The van der Waals surface area contributed by atoms with Crippen LogP contribution >= 0.6 is 0 Å². The van der Waals surface area contributed by atoms with Crippen LogP contribution in [-0.4, -0.2) is 21.2 Å². The van der Waals surface area contributed by atoms with Crippen molar-refractivity contribution >= 4 is 11.7 Å². The number of rotatable bonds is 1. The summed E-state index contributed by atoms with van der Waals surface area (Å²) in [5.74, 6) is -1.05. The van der Waals surface area contributed by atoms with Crippen molar-refractivity contribution in [2.24, 2.45) is 0 Å². The zero-order valence-corrected chi connectivity index (χ0v) is 5.44. The van der Waals surface area contributed by atoms with Crippen LogP contribution in [-0.2, 0) is 4.79 Å². The molecule has 0 aliphatic carbocycles. The molecule has 0 saturated carbocycles. The smallest absolute Gasteiger partial charge is 0.289 e. The molecular weight excluding hydrogens is 132 g/mol. The molecule has 0 spiro atoms. The van der Waals surface area contributed by atoms with Crippen molar-refractivity contribution in [2.45, 2.75) is 6.92 Å². The molecule has 4 heteroatoms. The lowest BCUT2D eigenvalue weighted by Crippen LogP contribution is -2.16. The van der Waals surface area contributed by atoms with Crippen LogP contribution in [0.5, 0.6) is 0 Å². The van der Waals surface area contributed by atoms with Crippen LogP contribution in [0.25, 0.3) is 0 Å². The summed E-state index contributed by atoms with van der Waals surface area (Å²) in [5.41, 5.74) is 0. The van der Waals surface area contributed by atoms with Crippen LogP contribution < -0.4 is 0 Å². The number of aromatic nitrogens is 2. The normalized spacial score (nSPS) is 9.30. The van der Waals surface area contributed by atoms with Crippen molar-refractivity contribution in [3.05, 3.63) is 18.7 Å². The lowest BCUT2D eigenvalue weighted by atomic mass is 10.4. The second-order valence-electron chi connectivity index (χ2n) is 1.83. The number of nitrogens with zero attached hydrogens (tertiary/aromatic N) is 2. The summed E-state index contributed by atoms with van der Waals surface area (Å²) >= 11 is 0. The number of imidazole rings is 1. The van der Waals surface area contributed by atoms with Gasteiger partial charge in [-0.1, -0.05) is 0 Å². The summed E-state index contributed by atoms with van der Waals surface area (Å²) in [4.78, 5) is 24.8. The molecule has 10 heavy (non-hydrogen) atoms. The third kappa shape index (κ3) is 1.10. The highest BCUT2D eigenvalue weighted by atomic mass is 16.2. The van der Waals surface area contributed by atoms with Crippen molar-refractivity contribution in [1.82, 2.24) is 9.55 Å². The van der Waals surface area contributed by atoms with E-state index in [1.54, 1.807) is 0 Å². The highest BCUT2D eigenvalue weighted by Gasteiger charge is 2.07. The SMILES string of the molecule is CC(=O)C(=O)n1ccnc1. The molecule has 52 valence electrons. The van der Waals surface area contributed by atoms with Crippen LogP contribution in [0.4, 0.5) is 0 Å². The molecule has 1 aromatic heterocycles. The first kappa shape index (κ1) is 6.67. The molecule has 0 aromatic carbocycles. The Balaban J connectivity index is 2.88. The molecule has 0 fully saturated rings. The molecular formula is C6H6N2O2. The van der Waals surface area contributed by atoms with Gasteiger partial charge in [0.2, 0.25) is 5.78 Å². The average molecular weight is 138 g/mol. The van der Waals surface area contributed by atoms with Gasteiger partial charge in [0, 0.05) is 19.3 Å². The van der Waals surface area contributed by atoms with Crippen LogP contribution in [0.3, 0.4) is 0 Å². The van der Waals surface area contributed by atoms with Gasteiger partial charge in [-0.15, -0.1) is 0 Å². The van der Waals surface area contributed by atoms with Gasteiger partial charge < -0.3 is 0 Å². The highest BCUT2D eigenvalue weighted by molar-refractivity contribution is 6.35. The Morgan fingerprint density at radius 3 is 2.60 bits per heavy atom. The van der Waals surface area contributed by atoms with Crippen LogP contribution in [0, 0.1) is 0 Å². The lowest BCUT2D eigenvalue weighted by molar-refractivity contribution is -0.113. The van der Waals surface area contributed by atoms with Gasteiger partial charge >= 0.3 is 0 Å². The molecule has 1 rings (SSSR count). The minimum absolute atomic E-state index is 0.488. The van der Waals surface area contributed by atoms with Crippen LogP contribution in [0.1, 0.15) is 11.7 Å². The quantitative estimate of drug-likeness (QED) is 0.517. The predicted molar refractivity (Wildman–Crippen MR) is 33.5 cm³/mol. The maximum atomic E-state index is 10.8. The van der Waals surface area contributed by atoms with Crippen molar-refractivity contribution in [1.29, 1.82) is 0 Å². The molecule has 1 aromatic rings. The molecule has 0 radical (unpaired) electrons. The van der Waals surface area contributed by atoms with Crippen molar-refractivity contribution < 1.29 is 9.59 Å². The van der Waals surface area contributed by atoms with Crippen LogP contribution in [0.2, 0.25) is 0 Å². The number of hydrogen-bond donors (Lipinski definition) is 0. The Hall–Kier alpha value is -1.45. The van der Waals surface area contributed by atoms with E-state index in [4.69, 9.17) is 0 Å². The van der Waals surface area contributed by atoms with Gasteiger partial charge in [-0.25, -0.2) is 4.98 Å². The first-order valence-corrected chi connectivity index (χ1v) is 2.75. The molecule has 0 aliphatic rings. The van der Waals surface area contributed by atoms with E-state index in [1.807, 2.05) is 0 Å². The number of Topliss-reactive ketones (excluding diaryl/α,β-unsaturated/α-hetero) is 1. The van der Waals surface area contributed by atoms with Crippen molar-refractivity contribution in [3.63, 3.8) is 0 Å².